The van der Waals surface area contributed by atoms with Crippen molar-refractivity contribution in [3.8, 4) is 0 Å². The number of nitrogens with two attached hydrogens (primary N) is 1. The zero-order chi connectivity index (χ0) is 11.6. The Kier molecular flexibility index (Phi) is 5.77. The highest BCUT2D eigenvalue weighted by molar-refractivity contribution is 5.85. The van der Waals surface area contributed by atoms with Crippen molar-refractivity contribution in [3.05, 3.63) is 0 Å². The summed E-state index contributed by atoms with van der Waals surface area (Å²) in [6, 6.07) is -0.0160. The molecule has 0 radical (unpaired) electrons. The third kappa shape index (κ3) is 3.63. The minimum atomic E-state index is -0.377. The van der Waals surface area contributed by atoms with E-state index >= 15 is 0 Å². The van der Waals surface area contributed by atoms with Crippen LogP contribution in [0.25, 0.3) is 0 Å². The van der Waals surface area contributed by atoms with Crippen LogP contribution in [0.1, 0.15) is 47.0 Å². The molecule has 1 aliphatic heterocycles. The Morgan fingerprint density at radius 2 is 1.94 bits per heavy atom. The second-order valence-corrected chi connectivity index (χ2v) is 5.72. The Morgan fingerprint density at radius 1 is 1.38 bits per heavy atom. The molecule has 2 atom stereocenters. The van der Waals surface area contributed by atoms with Crippen LogP contribution in [0.3, 0.4) is 0 Å². The van der Waals surface area contributed by atoms with Crippen molar-refractivity contribution in [1.29, 1.82) is 0 Å². The zero-order valence-corrected chi connectivity index (χ0v) is 11.6. The maximum absolute atomic E-state index is 12.2. The molecule has 1 rings (SSSR count). The maximum Gasteiger partial charge on any atom is 0.240 e. The van der Waals surface area contributed by atoms with E-state index < -0.39 is 0 Å². The molecular formula is C12H25ClN2O. The molecule has 0 bridgehead atoms. The van der Waals surface area contributed by atoms with Crippen LogP contribution < -0.4 is 5.73 Å². The summed E-state index contributed by atoms with van der Waals surface area (Å²) in [4.78, 5) is 14.1. The van der Waals surface area contributed by atoms with E-state index in [4.69, 9.17) is 5.73 Å². The molecule has 1 fully saturated rings. The third-order valence-corrected chi connectivity index (χ3v) is 3.29. The van der Waals surface area contributed by atoms with Crippen molar-refractivity contribution in [1.82, 2.24) is 4.90 Å². The van der Waals surface area contributed by atoms with E-state index in [1.54, 1.807) is 0 Å². The van der Waals surface area contributed by atoms with E-state index in [0.717, 1.165) is 19.4 Å². The fourth-order valence-electron chi connectivity index (χ4n) is 1.97. The summed E-state index contributed by atoms with van der Waals surface area (Å²) in [7, 11) is 0. The summed E-state index contributed by atoms with van der Waals surface area (Å²) in [5.74, 6) is 0.120. The number of hydrogen-bond donors (Lipinski definition) is 1. The minimum absolute atomic E-state index is 0. The fraction of sp³-hybridized carbons (Fsp3) is 0.917. The van der Waals surface area contributed by atoms with Crippen molar-refractivity contribution < 1.29 is 4.79 Å². The molecule has 0 saturated carbocycles. The zero-order valence-electron chi connectivity index (χ0n) is 10.8. The number of hydrogen-bond acceptors (Lipinski definition) is 2. The third-order valence-electron chi connectivity index (χ3n) is 3.29. The van der Waals surface area contributed by atoms with Crippen LogP contribution in [0.4, 0.5) is 0 Å². The molecule has 96 valence electrons. The molecule has 0 aromatic rings. The molecule has 0 aromatic heterocycles. The Labute approximate surface area is 105 Å². The molecule has 1 aliphatic rings. The molecule has 0 aliphatic carbocycles. The molecule has 3 nitrogen and oxygen atoms in total. The van der Waals surface area contributed by atoms with Gasteiger partial charge in [0.05, 0.1) is 6.04 Å². The predicted molar refractivity (Wildman–Crippen MR) is 69.7 cm³/mol. The molecule has 0 aromatic carbocycles. The molecule has 1 amide bonds. The maximum atomic E-state index is 12.2. The lowest BCUT2D eigenvalue weighted by atomic mass is 9.86. The van der Waals surface area contributed by atoms with E-state index in [0.29, 0.717) is 6.04 Å². The van der Waals surface area contributed by atoms with Crippen molar-refractivity contribution in [2.45, 2.75) is 59.0 Å². The second-order valence-electron chi connectivity index (χ2n) is 5.72. The normalized spacial score (nSPS) is 23.6. The quantitative estimate of drug-likeness (QED) is 0.773. The number of carbonyl (C=O) groups excluding carboxylic acids is 1. The van der Waals surface area contributed by atoms with E-state index in [-0.39, 0.29) is 29.8 Å². The summed E-state index contributed by atoms with van der Waals surface area (Å²) in [5.41, 5.74) is 5.85. The van der Waals surface area contributed by atoms with Gasteiger partial charge in [0.1, 0.15) is 0 Å². The lowest BCUT2D eigenvalue weighted by Crippen LogP contribution is -2.54. The van der Waals surface area contributed by atoms with Crippen LogP contribution in [-0.4, -0.2) is 29.4 Å². The van der Waals surface area contributed by atoms with E-state index in [2.05, 4.69) is 6.92 Å². The molecule has 2 N–H and O–H groups in total. The summed E-state index contributed by atoms with van der Waals surface area (Å²) in [6.45, 7) is 9.05. The fourth-order valence-corrected chi connectivity index (χ4v) is 1.97. The van der Waals surface area contributed by atoms with Crippen molar-refractivity contribution in [2.24, 2.45) is 11.1 Å². The smallest absolute Gasteiger partial charge is 0.240 e. The molecular weight excluding hydrogens is 224 g/mol. The van der Waals surface area contributed by atoms with Gasteiger partial charge in [0.2, 0.25) is 5.91 Å². The first kappa shape index (κ1) is 15.7. The van der Waals surface area contributed by atoms with Crippen LogP contribution in [0.5, 0.6) is 0 Å². The highest BCUT2D eigenvalue weighted by atomic mass is 35.5. The molecule has 1 saturated heterocycles. The standard InChI is InChI=1S/C12H24N2O.ClH/c1-9-7-5-6-8-14(9)11(15)10(13)12(2,3)4;/h9-10H,5-8,13H2,1-4H3;1H/t9?,10-;/m1./s1. The minimum Gasteiger partial charge on any atom is -0.339 e. The number of likely N-dealkylation sites (tertiary alicyclic amines) is 1. The first-order chi connectivity index (χ1) is 6.84. The number of halogens is 1. The van der Waals surface area contributed by atoms with Gasteiger partial charge < -0.3 is 10.6 Å². The number of piperidine rings is 1. The predicted octanol–water partition coefficient (Wildman–Crippen LogP) is 2.18. The number of rotatable bonds is 1. The first-order valence-electron chi connectivity index (χ1n) is 5.90. The van der Waals surface area contributed by atoms with E-state index in [9.17, 15) is 4.79 Å². The van der Waals surface area contributed by atoms with Gasteiger partial charge in [-0.3, -0.25) is 4.79 Å². The molecule has 1 unspecified atom stereocenters. The van der Waals surface area contributed by atoms with Crippen LogP contribution in [0.15, 0.2) is 0 Å². The lowest BCUT2D eigenvalue weighted by Gasteiger charge is -2.38. The van der Waals surface area contributed by atoms with Gasteiger partial charge in [0.25, 0.3) is 0 Å². The number of nitrogens with zero attached hydrogens (tertiary/aromatic N) is 1. The Bertz CT molecular complexity index is 238. The molecule has 16 heavy (non-hydrogen) atoms. The topological polar surface area (TPSA) is 46.3 Å². The van der Waals surface area contributed by atoms with Gasteiger partial charge in [-0.05, 0) is 31.6 Å². The molecule has 1 heterocycles. The monoisotopic (exact) mass is 248 g/mol. The highest BCUT2D eigenvalue weighted by Crippen LogP contribution is 2.23. The summed E-state index contributed by atoms with van der Waals surface area (Å²) < 4.78 is 0. The summed E-state index contributed by atoms with van der Waals surface area (Å²) >= 11 is 0. The Hall–Kier alpha value is -0.280. The SMILES string of the molecule is CC1CCCCN1C(=O)[C@@H](N)C(C)(C)C.Cl. The van der Waals surface area contributed by atoms with Crippen molar-refractivity contribution >= 4 is 18.3 Å². The highest BCUT2D eigenvalue weighted by Gasteiger charge is 2.33. The van der Waals surface area contributed by atoms with Crippen molar-refractivity contribution in [3.63, 3.8) is 0 Å². The summed E-state index contributed by atoms with van der Waals surface area (Å²) in [6.07, 6.45) is 3.46. The van der Waals surface area contributed by atoms with Gasteiger partial charge in [-0.1, -0.05) is 20.8 Å². The van der Waals surface area contributed by atoms with Crippen molar-refractivity contribution in [2.75, 3.05) is 6.54 Å². The van der Waals surface area contributed by atoms with E-state index in [1.165, 1.54) is 6.42 Å². The Balaban J connectivity index is 0.00000225. The van der Waals surface area contributed by atoms with Gasteiger partial charge in [-0.15, -0.1) is 12.4 Å². The van der Waals surface area contributed by atoms with Crippen LogP contribution in [-0.2, 0) is 4.79 Å². The first-order valence-corrected chi connectivity index (χ1v) is 5.90. The Morgan fingerprint density at radius 3 is 2.38 bits per heavy atom. The van der Waals surface area contributed by atoms with Crippen LogP contribution >= 0.6 is 12.4 Å². The second kappa shape index (κ2) is 5.87. The van der Waals surface area contributed by atoms with Gasteiger partial charge in [0.15, 0.2) is 0 Å². The van der Waals surface area contributed by atoms with Crippen LogP contribution in [0.2, 0.25) is 0 Å². The number of carbonyl (C=O) groups is 1. The van der Waals surface area contributed by atoms with Gasteiger partial charge >= 0.3 is 0 Å². The molecule has 4 heteroatoms. The largest absolute Gasteiger partial charge is 0.339 e. The average Bonchev–Trinajstić information content (AvgIpc) is 2.15. The van der Waals surface area contributed by atoms with Gasteiger partial charge in [-0.2, -0.15) is 0 Å². The van der Waals surface area contributed by atoms with Gasteiger partial charge in [0, 0.05) is 12.6 Å². The van der Waals surface area contributed by atoms with E-state index in [1.807, 2.05) is 25.7 Å². The van der Waals surface area contributed by atoms with Gasteiger partial charge in [-0.25, -0.2) is 0 Å². The summed E-state index contributed by atoms with van der Waals surface area (Å²) in [5, 5.41) is 0. The average molecular weight is 249 g/mol. The molecule has 0 spiro atoms. The number of amides is 1. The lowest BCUT2D eigenvalue weighted by molar-refractivity contribution is -0.138. The van der Waals surface area contributed by atoms with Crippen LogP contribution in [0, 0.1) is 5.41 Å².